The van der Waals surface area contributed by atoms with Gasteiger partial charge in [0.2, 0.25) is 5.52 Å². The van der Waals surface area contributed by atoms with Crippen molar-refractivity contribution in [2.75, 3.05) is 13.7 Å². The van der Waals surface area contributed by atoms with E-state index in [-0.39, 0.29) is 5.91 Å². The molecule has 5 nitrogen and oxygen atoms in total. The molecule has 0 aliphatic heterocycles. The number of thiazole rings is 1. The number of hydrogen-bond acceptors (Lipinski definition) is 4. The minimum atomic E-state index is -0.129. The summed E-state index contributed by atoms with van der Waals surface area (Å²) in [4.78, 5) is 12.1. The van der Waals surface area contributed by atoms with Crippen molar-refractivity contribution in [1.82, 2.24) is 5.32 Å². The van der Waals surface area contributed by atoms with Crippen molar-refractivity contribution < 1.29 is 14.3 Å². The van der Waals surface area contributed by atoms with Gasteiger partial charge in [0.15, 0.2) is 0 Å². The first-order valence-corrected chi connectivity index (χ1v) is 8.44. The Labute approximate surface area is 144 Å². The van der Waals surface area contributed by atoms with Crippen LogP contribution in [0.5, 0.6) is 5.75 Å². The molecule has 124 valence electrons. The summed E-state index contributed by atoms with van der Waals surface area (Å²) in [5.41, 5.74) is 2.36. The van der Waals surface area contributed by atoms with Crippen LogP contribution >= 0.6 is 11.3 Å². The molecule has 3 aromatic rings. The number of hydrogen-bond donors (Lipinski definition) is 1. The van der Waals surface area contributed by atoms with Gasteiger partial charge in [-0.1, -0.05) is 29.0 Å². The van der Waals surface area contributed by atoms with Crippen LogP contribution in [0.25, 0.3) is 10.2 Å². The Morgan fingerprint density at radius 3 is 2.71 bits per heavy atom. The third kappa shape index (κ3) is 3.33. The highest BCUT2D eigenvalue weighted by molar-refractivity contribution is 7.18. The van der Waals surface area contributed by atoms with Crippen molar-refractivity contribution in [3.05, 3.63) is 63.8 Å². The molecular weight excluding hydrogens is 324 g/mol. The van der Waals surface area contributed by atoms with E-state index in [0.717, 1.165) is 20.7 Å². The number of benzene rings is 2. The van der Waals surface area contributed by atoms with E-state index in [1.165, 1.54) is 11.3 Å². The first-order valence-electron chi connectivity index (χ1n) is 7.62. The monoisotopic (exact) mass is 342 g/mol. The normalized spacial score (nSPS) is 10.8. The number of methoxy groups -OCH3 is 1. The van der Waals surface area contributed by atoms with Crippen LogP contribution < -0.4 is 14.8 Å². The zero-order chi connectivity index (χ0) is 17.1. The van der Waals surface area contributed by atoms with Gasteiger partial charge in [0.1, 0.15) is 10.4 Å². The molecule has 0 atom stereocenters. The van der Waals surface area contributed by atoms with Crippen LogP contribution in [-0.2, 0) is 6.42 Å². The number of nitrogens with zero attached hydrogens (tertiary/aromatic N) is 1. The van der Waals surface area contributed by atoms with Crippen molar-refractivity contribution in [3.8, 4) is 5.75 Å². The van der Waals surface area contributed by atoms with Crippen LogP contribution in [0.3, 0.4) is 0 Å². The molecule has 6 heteroatoms. The number of fused-ring (bicyclic) bond motifs is 1. The summed E-state index contributed by atoms with van der Waals surface area (Å²) in [6.45, 7) is 2.39. The van der Waals surface area contributed by atoms with Gasteiger partial charge in [0.05, 0.1) is 13.5 Å². The molecule has 0 saturated heterocycles. The second-order valence-corrected chi connectivity index (χ2v) is 6.61. The molecule has 1 amide bonds. The van der Waals surface area contributed by atoms with Crippen LogP contribution in [0.2, 0.25) is 0 Å². The molecule has 1 aromatic heterocycles. The Morgan fingerprint density at radius 2 is 2.00 bits per heavy atom. The number of rotatable bonds is 5. The standard InChI is InChI=1S/C18H18N2O3S/c1-12-3-5-13(6-4-12)18(21)19-10-9-17-20(22)15-8-7-14(23-2)11-16(15)24-17/h3-8,11H,9-10H2,1-2H3,(H,19,21). The molecule has 0 bridgehead atoms. The third-order valence-electron chi connectivity index (χ3n) is 3.78. The number of aromatic nitrogens is 1. The molecule has 0 saturated carbocycles. The molecule has 0 fully saturated rings. The fourth-order valence-corrected chi connectivity index (χ4v) is 3.49. The van der Waals surface area contributed by atoms with Crippen LogP contribution in [-0.4, -0.2) is 19.6 Å². The first kappa shape index (κ1) is 16.3. The number of carbonyl (C=O) groups is 1. The molecule has 24 heavy (non-hydrogen) atoms. The summed E-state index contributed by atoms with van der Waals surface area (Å²) >= 11 is 1.42. The minimum absolute atomic E-state index is 0.129. The Morgan fingerprint density at radius 1 is 1.25 bits per heavy atom. The average molecular weight is 342 g/mol. The number of amides is 1. The molecule has 0 aliphatic rings. The second-order valence-electron chi connectivity index (χ2n) is 5.50. The smallest absolute Gasteiger partial charge is 0.251 e. The van der Waals surface area contributed by atoms with Gasteiger partial charge in [-0.3, -0.25) is 4.79 Å². The van der Waals surface area contributed by atoms with Crippen molar-refractivity contribution in [1.29, 1.82) is 0 Å². The lowest BCUT2D eigenvalue weighted by atomic mass is 10.1. The fourth-order valence-electron chi connectivity index (χ4n) is 2.42. The van der Waals surface area contributed by atoms with Gasteiger partial charge in [-0.15, -0.1) is 0 Å². The van der Waals surface area contributed by atoms with Gasteiger partial charge in [-0.25, -0.2) is 0 Å². The van der Waals surface area contributed by atoms with Crippen LogP contribution in [0, 0.1) is 12.1 Å². The summed E-state index contributed by atoms with van der Waals surface area (Å²) in [5, 5.41) is 15.8. The van der Waals surface area contributed by atoms with Gasteiger partial charge >= 0.3 is 0 Å². The van der Waals surface area contributed by atoms with Crippen LogP contribution in [0.15, 0.2) is 42.5 Å². The maximum Gasteiger partial charge on any atom is 0.251 e. The quantitative estimate of drug-likeness (QED) is 0.573. The molecule has 1 heterocycles. The van der Waals surface area contributed by atoms with E-state index >= 15 is 0 Å². The molecule has 1 N–H and O–H groups in total. The van der Waals surface area contributed by atoms with E-state index in [1.807, 2.05) is 25.1 Å². The Hall–Kier alpha value is -2.60. The van der Waals surface area contributed by atoms with E-state index in [9.17, 15) is 10.0 Å². The van der Waals surface area contributed by atoms with Crippen molar-refractivity contribution in [2.45, 2.75) is 13.3 Å². The SMILES string of the molecule is COc1ccc2c(c1)sc(CCNC(=O)c1ccc(C)cc1)[n+]2[O-]. The zero-order valence-corrected chi connectivity index (χ0v) is 14.4. The summed E-state index contributed by atoms with van der Waals surface area (Å²) in [6, 6.07) is 12.8. The van der Waals surface area contributed by atoms with Crippen LogP contribution in [0.4, 0.5) is 0 Å². The van der Waals surface area contributed by atoms with Gasteiger partial charge in [0, 0.05) is 24.2 Å². The van der Waals surface area contributed by atoms with Crippen molar-refractivity contribution in [2.24, 2.45) is 0 Å². The fraction of sp³-hybridized carbons (Fsp3) is 0.222. The van der Waals surface area contributed by atoms with Crippen molar-refractivity contribution >= 4 is 27.5 Å². The molecule has 2 aromatic carbocycles. The maximum absolute atomic E-state index is 12.3. The lowest BCUT2D eigenvalue weighted by molar-refractivity contribution is -0.580. The molecular formula is C18H18N2O3S. The van der Waals surface area contributed by atoms with Gasteiger partial charge < -0.3 is 15.3 Å². The predicted molar refractivity (Wildman–Crippen MR) is 94.6 cm³/mol. The maximum atomic E-state index is 12.3. The van der Waals surface area contributed by atoms with E-state index in [0.29, 0.717) is 29.1 Å². The van der Waals surface area contributed by atoms with Crippen molar-refractivity contribution in [3.63, 3.8) is 0 Å². The number of ether oxygens (including phenoxy) is 1. The van der Waals surface area contributed by atoms with Gasteiger partial charge in [0.25, 0.3) is 10.9 Å². The Kier molecular flexibility index (Phi) is 4.66. The summed E-state index contributed by atoms with van der Waals surface area (Å²) < 4.78 is 6.99. The highest BCUT2D eigenvalue weighted by Crippen LogP contribution is 2.25. The first-order chi connectivity index (χ1) is 11.6. The van der Waals surface area contributed by atoms with E-state index < -0.39 is 0 Å². The van der Waals surface area contributed by atoms with Gasteiger partial charge in [-0.05, 0) is 25.1 Å². The predicted octanol–water partition coefficient (Wildman–Crippen LogP) is 2.82. The number of carbonyl (C=O) groups excluding carboxylic acids is 1. The van der Waals surface area contributed by atoms with Crippen LogP contribution in [0.1, 0.15) is 20.9 Å². The molecule has 0 radical (unpaired) electrons. The van der Waals surface area contributed by atoms with Gasteiger partial charge in [-0.2, -0.15) is 4.73 Å². The molecule has 0 unspecified atom stereocenters. The van der Waals surface area contributed by atoms with E-state index in [4.69, 9.17) is 4.74 Å². The topological polar surface area (TPSA) is 65.3 Å². The van der Waals surface area contributed by atoms with E-state index in [1.54, 1.807) is 31.4 Å². The summed E-state index contributed by atoms with van der Waals surface area (Å²) in [7, 11) is 1.60. The average Bonchev–Trinajstić information content (AvgIpc) is 2.91. The molecule has 0 aliphatic carbocycles. The summed E-state index contributed by atoms with van der Waals surface area (Å²) in [6.07, 6.45) is 0.489. The van der Waals surface area contributed by atoms with E-state index in [2.05, 4.69) is 5.32 Å². The highest BCUT2D eigenvalue weighted by Gasteiger charge is 2.16. The largest absolute Gasteiger partial charge is 0.617 e. The highest BCUT2D eigenvalue weighted by atomic mass is 32.1. The lowest BCUT2D eigenvalue weighted by Crippen LogP contribution is -2.32. The Bertz CT molecular complexity index is 872. The lowest BCUT2D eigenvalue weighted by Gasteiger charge is -2.04. The minimum Gasteiger partial charge on any atom is -0.617 e. The number of aryl methyl sites for hydroxylation is 1. The second kappa shape index (κ2) is 6.88. The molecule has 0 spiro atoms. The third-order valence-corrected chi connectivity index (χ3v) is 4.93. The number of nitrogens with one attached hydrogen (secondary N) is 1. The summed E-state index contributed by atoms with van der Waals surface area (Å²) in [5.74, 6) is 0.596. The molecule has 3 rings (SSSR count). The Balaban J connectivity index is 1.66. The zero-order valence-electron chi connectivity index (χ0n) is 13.5.